The maximum absolute atomic E-state index is 13.5. The average Bonchev–Trinajstić information content (AvgIpc) is 3.48. The Kier molecular flexibility index (Phi) is 10.0. The van der Waals surface area contributed by atoms with Crippen molar-refractivity contribution in [2.24, 2.45) is 0 Å². The van der Waals surface area contributed by atoms with Crippen LogP contribution in [0.3, 0.4) is 0 Å². The lowest BCUT2D eigenvalue weighted by Crippen LogP contribution is -2.56. The molecule has 2 aromatic rings. The smallest absolute Gasteiger partial charge is 0.409 e. The van der Waals surface area contributed by atoms with Gasteiger partial charge in [0.15, 0.2) is 5.82 Å². The van der Waals surface area contributed by atoms with E-state index in [0.717, 1.165) is 18.4 Å². The fourth-order valence-corrected chi connectivity index (χ4v) is 4.78. The Bertz CT molecular complexity index is 1190. The van der Waals surface area contributed by atoms with Gasteiger partial charge in [-0.05, 0) is 32.3 Å². The minimum Gasteiger partial charge on any atom is -0.481 e. The van der Waals surface area contributed by atoms with Gasteiger partial charge in [-0.25, -0.2) is 14.8 Å². The van der Waals surface area contributed by atoms with Crippen molar-refractivity contribution in [1.29, 1.82) is 0 Å². The summed E-state index contributed by atoms with van der Waals surface area (Å²) in [7, 11) is 0. The number of nitrogens with one attached hydrogen (secondary N) is 1. The van der Waals surface area contributed by atoms with E-state index >= 15 is 0 Å². The SMILES string of the molecule is CCOC(=O)N1CCN(C(=O)C(CCC(=O)O)NC(=O)c2cc(CC3CCCO3)nc(-c3ccccc3)n2)CC1. The van der Waals surface area contributed by atoms with Crippen LogP contribution in [-0.4, -0.2) is 100 Å². The normalized spacial score (nSPS) is 17.8. The molecule has 0 radical (unpaired) electrons. The van der Waals surface area contributed by atoms with Crippen molar-refractivity contribution in [3.63, 3.8) is 0 Å². The molecule has 3 amide bonds. The number of aliphatic carboxylic acids is 1. The highest BCUT2D eigenvalue weighted by Crippen LogP contribution is 2.20. The molecule has 40 heavy (non-hydrogen) atoms. The first-order valence-electron chi connectivity index (χ1n) is 13.6. The van der Waals surface area contributed by atoms with Crippen LogP contribution >= 0.6 is 0 Å². The summed E-state index contributed by atoms with van der Waals surface area (Å²) in [5, 5.41) is 12.0. The molecule has 4 rings (SSSR count). The van der Waals surface area contributed by atoms with Gasteiger partial charge >= 0.3 is 12.1 Å². The Morgan fingerprint density at radius 3 is 2.48 bits per heavy atom. The standard InChI is InChI=1S/C28H35N5O7/c1-2-39-28(38)33-14-12-32(13-15-33)27(37)22(10-11-24(34)35)31-26(36)23-18-20(17-21-9-6-16-40-21)29-25(30-23)19-7-4-3-5-8-19/h3-5,7-8,18,21-22H,2,6,9-17H2,1H3,(H,31,36)(H,34,35). The molecule has 0 bridgehead atoms. The summed E-state index contributed by atoms with van der Waals surface area (Å²) in [5.41, 5.74) is 1.47. The van der Waals surface area contributed by atoms with Gasteiger partial charge in [0, 0.05) is 56.9 Å². The van der Waals surface area contributed by atoms with Gasteiger partial charge in [0.2, 0.25) is 5.91 Å². The van der Waals surface area contributed by atoms with E-state index in [-0.39, 0.29) is 57.4 Å². The Labute approximate surface area is 232 Å². The number of carboxylic acid groups (broad SMARTS) is 1. The third kappa shape index (κ3) is 7.75. The van der Waals surface area contributed by atoms with E-state index < -0.39 is 29.9 Å². The second-order valence-corrected chi connectivity index (χ2v) is 9.74. The van der Waals surface area contributed by atoms with Gasteiger partial charge in [0.25, 0.3) is 5.91 Å². The highest BCUT2D eigenvalue weighted by Gasteiger charge is 2.31. The quantitative estimate of drug-likeness (QED) is 0.451. The zero-order valence-corrected chi connectivity index (χ0v) is 22.6. The van der Waals surface area contributed by atoms with E-state index in [0.29, 0.717) is 24.5 Å². The van der Waals surface area contributed by atoms with Crippen molar-refractivity contribution < 1.29 is 33.8 Å². The van der Waals surface area contributed by atoms with Crippen molar-refractivity contribution in [1.82, 2.24) is 25.1 Å². The second-order valence-electron chi connectivity index (χ2n) is 9.74. The van der Waals surface area contributed by atoms with Crippen LogP contribution in [0.1, 0.15) is 48.8 Å². The lowest BCUT2D eigenvalue weighted by molar-refractivity contribution is -0.138. The van der Waals surface area contributed by atoms with Crippen molar-refractivity contribution in [2.75, 3.05) is 39.4 Å². The summed E-state index contributed by atoms with van der Waals surface area (Å²) < 4.78 is 10.8. The zero-order chi connectivity index (χ0) is 28.5. The number of piperazine rings is 1. The Hall–Kier alpha value is -4.06. The van der Waals surface area contributed by atoms with Crippen LogP contribution in [0.2, 0.25) is 0 Å². The number of hydrogen-bond acceptors (Lipinski definition) is 8. The summed E-state index contributed by atoms with van der Waals surface area (Å²) >= 11 is 0. The highest BCUT2D eigenvalue weighted by molar-refractivity contribution is 5.96. The number of rotatable bonds is 10. The summed E-state index contributed by atoms with van der Waals surface area (Å²) in [6, 6.07) is 9.80. The maximum Gasteiger partial charge on any atom is 0.409 e. The Morgan fingerprint density at radius 2 is 1.82 bits per heavy atom. The molecule has 3 heterocycles. The van der Waals surface area contributed by atoms with Crippen LogP contribution in [0.25, 0.3) is 11.4 Å². The molecule has 2 N–H and O–H groups in total. The number of ether oxygens (including phenoxy) is 2. The number of carbonyl (C=O) groups is 4. The molecular formula is C28H35N5O7. The van der Waals surface area contributed by atoms with Gasteiger partial charge in [0.05, 0.1) is 12.7 Å². The van der Waals surface area contributed by atoms with Crippen LogP contribution in [-0.2, 0) is 25.5 Å². The van der Waals surface area contributed by atoms with E-state index in [1.165, 1.54) is 9.80 Å². The van der Waals surface area contributed by atoms with E-state index in [9.17, 15) is 24.3 Å². The molecule has 1 aromatic carbocycles. The van der Waals surface area contributed by atoms with Gasteiger partial charge in [0.1, 0.15) is 11.7 Å². The predicted octanol–water partition coefficient (Wildman–Crippen LogP) is 2.13. The predicted molar refractivity (Wildman–Crippen MR) is 143 cm³/mol. The molecule has 2 fully saturated rings. The molecule has 0 spiro atoms. The molecule has 12 nitrogen and oxygen atoms in total. The fourth-order valence-electron chi connectivity index (χ4n) is 4.78. The molecule has 0 saturated carbocycles. The Balaban J connectivity index is 1.52. The molecule has 2 aliphatic heterocycles. The largest absolute Gasteiger partial charge is 0.481 e. The van der Waals surface area contributed by atoms with Crippen molar-refractivity contribution in [2.45, 2.75) is 51.2 Å². The summed E-state index contributed by atoms with van der Waals surface area (Å²) in [4.78, 5) is 62.4. The molecule has 0 aliphatic carbocycles. The van der Waals surface area contributed by atoms with Crippen LogP contribution in [0, 0.1) is 0 Å². The minimum absolute atomic E-state index is 0.00704. The summed E-state index contributed by atoms with van der Waals surface area (Å²) in [6.07, 6.45) is 1.57. The fraction of sp³-hybridized carbons (Fsp3) is 0.500. The summed E-state index contributed by atoms with van der Waals surface area (Å²) in [5.74, 6) is -1.70. The monoisotopic (exact) mass is 553 g/mol. The lowest BCUT2D eigenvalue weighted by Gasteiger charge is -2.35. The van der Waals surface area contributed by atoms with Gasteiger partial charge in [-0.2, -0.15) is 0 Å². The van der Waals surface area contributed by atoms with E-state index in [1.54, 1.807) is 13.0 Å². The first-order chi connectivity index (χ1) is 19.3. The van der Waals surface area contributed by atoms with E-state index in [4.69, 9.17) is 9.47 Å². The third-order valence-corrected chi connectivity index (χ3v) is 6.87. The lowest BCUT2D eigenvalue weighted by atomic mass is 10.1. The second kappa shape index (κ2) is 13.8. The Morgan fingerprint density at radius 1 is 1.10 bits per heavy atom. The van der Waals surface area contributed by atoms with Crippen molar-refractivity contribution >= 4 is 23.9 Å². The molecule has 2 atom stereocenters. The molecule has 2 saturated heterocycles. The molecule has 2 aliphatic rings. The molecule has 214 valence electrons. The van der Waals surface area contributed by atoms with Gasteiger partial charge in [-0.3, -0.25) is 14.4 Å². The molecular weight excluding hydrogens is 518 g/mol. The zero-order valence-electron chi connectivity index (χ0n) is 22.6. The number of aromatic nitrogens is 2. The first kappa shape index (κ1) is 28.9. The van der Waals surface area contributed by atoms with Crippen molar-refractivity contribution in [3.05, 3.63) is 47.8 Å². The van der Waals surface area contributed by atoms with Crippen LogP contribution in [0.15, 0.2) is 36.4 Å². The summed E-state index contributed by atoms with van der Waals surface area (Å²) in [6.45, 7) is 3.72. The van der Waals surface area contributed by atoms with Gasteiger partial charge in [-0.15, -0.1) is 0 Å². The highest BCUT2D eigenvalue weighted by atomic mass is 16.6. The van der Waals surface area contributed by atoms with Crippen LogP contribution < -0.4 is 5.32 Å². The number of carboxylic acids is 1. The number of carbonyl (C=O) groups excluding carboxylic acids is 3. The van der Waals surface area contributed by atoms with Gasteiger partial charge < -0.3 is 29.7 Å². The maximum atomic E-state index is 13.5. The van der Waals surface area contributed by atoms with E-state index in [2.05, 4.69) is 15.3 Å². The number of amides is 3. The van der Waals surface area contributed by atoms with Gasteiger partial charge in [-0.1, -0.05) is 30.3 Å². The van der Waals surface area contributed by atoms with E-state index in [1.807, 2.05) is 30.3 Å². The number of benzene rings is 1. The number of hydrogen-bond donors (Lipinski definition) is 2. The molecule has 2 unspecified atom stereocenters. The third-order valence-electron chi connectivity index (χ3n) is 6.87. The first-order valence-corrected chi connectivity index (χ1v) is 13.6. The van der Waals surface area contributed by atoms with Crippen LogP contribution in [0.5, 0.6) is 0 Å². The molecule has 1 aromatic heterocycles. The number of nitrogens with zero attached hydrogens (tertiary/aromatic N) is 4. The average molecular weight is 554 g/mol. The van der Waals surface area contributed by atoms with Crippen molar-refractivity contribution in [3.8, 4) is 11.4 Å². The topological polar surface area (TPSA) is 151 Å². The minimum atomic E-state index is -1.08. The molecule has 12 heteroatoms. The van der Waals surface area contributed by atoms with Crippen LogP contribution in [0.4, 0.5) is 4.79 Å².